The Hall–Kier alpha value is -3.56. The molecule has 0 aromatic heterocycles. The number of rotatable bonds is 5. The predicted molar refractivity (Wildman–Crippen MR) is 128 cm³/mol. The second kappa shape index (κ2) is 8.00. The number of amides is 4. The molecule has 4 amide bonds. The maximum Gasteiger partial charge on any atom is 0.250 e. The molecule has 0 radical (unpaired) electrons. The van der Waals surface area contributed by atoms with Gasteiger partial charge in [0.15, 0.2) is 5.78 Å². The highest BCUT2D eigenvalue weighted by Crippen LogP contribution is 2.55. The first kappa shape index (κ1) is 23.2. The lowest BCUT2D eigenvalue weighted by Gasteiger charge is -2.29. The van der Waals surface area contributed by atoms with E-state index in [1.165, 1.54) is 6.92 Å². The second-order valence-electron chi connectivity index (χ2n) is 9.23. The summed E-state index contributed by atoms with van der Waals surface area (Å²) in [6.07, 6.45) is 0.170. The second-order valence-corrected chi connectivity index (χ2v) is 9.64. The smallest absolute Gasteiger partial charge is 0.250 e. The Morgan fingerprint density at radius 2 is 1.77 bits per heavy atom. The summed E-state index contributed by atoms with van der Waals surface area (Å²) >= 11 is 6.27. The fourth-order valence-electron chi connectivity index (χ4n) is 5.64. The van der Waals surface area contributed by atoms with Crippen LogP contribution in [0.4, 0.5) is 11.4 Å². The van der Waals surface area contributed by atoms with Crippen LogP contribution in [0.1, 0.15) is 41.3 Å². The lowest BCUT2D eigenvalue weighted by atomic mass is 9.76. The number of anilines is 2. The Bertz CT molecular complexity index is 1320. The SMILES string of the molecule is CC(=O)c1ccc(N2C(=O)[C@@H]3[C@H](CCC(N)=O)N[C@]4(C(=O)Nc5c4ccc(Cl)c5C)[C@@H]3C2=O)cc1. The highest BCUT2D eigenvalue weighted by molar-refractivity contribution is 6.32. The zero-order valence-corrected chi connectivity index (χ0v) is 19.8. The van der Waals surface area contributed by atoms with Crippen LogP contribution in [0.25, 0.3) is 0 Å². The number of carbonyl (C=O) groups excluding carboxylic acids is 5. The molecule has 35 heavy (non-hydrogen) atoms. The summed E-state index contributed by atoms with van der Waals surface area (Å²) < 4.78 is 0. The van der Waals surface area contributed by atoms with E-state index >= 15 is 0 Å². The van der Waals surface area contributed by atoms with Gasteiger partial charge in [0.1, 0.15) is 5.54 Å². The van der Waals surface area contributed by atoms with Gasteiger partial charge < -0.3 is 11.1 Å². The van der Waals surface area contributed by atoms with Crippen LogP contribution >= 0.6 is 11.6 Å². The third kappa shape index (κ3) is 3.22. The summed E-state index contributed by atoms with van der Waals surface area (Å²) in [5, 5.41) is 6.57. The molecule has 0 aliphatic carbocycles. The molecule has 2 fully saturated rings. The summed E-state index contributed by atoms with van der Waals surface area (Å²) in [5.41, 5.74) is 6.32. The molecule has 3 aliphatic heterocycles. The van der Waals surface area contributed by atoms with E-state index in [1.807, 2.05) is 0 Å². The van der Waals surface area contributed by atoms with E-state index in [-0.39, 0.29) is 18.6 Å². The van der Waals surface area contributed by atoms with Gasteiger partial charge in [-0.05, 0) is 56.2 Å². The van der Waals surface area contributed by atoms with Crippen LogP contribution in [-0.2, 0) is 24.7 Å². The number of hydrogen-bond donors (Lipinski definition) is 3. The highest BCUT2D eigenvalue weighted by Gasteiger charge is 2.70. The first-order valence-corrected chi connectivity index (χ1v) is 11.6. The third-order valence-electron chi connectivity index (χ3n) is 7.32. The lowest BCUT2D eigenvalue weighted by molar-refractivity contribution is -0.130. The minimum absolute atomic E-state index is 0.0140. The van der Waals surface area contributed by atoms with Gasteiger partial charge >= 0.3 is 0 Å². The van der Waals surface area contributed by atoms with Crippen molar-refractivity contribution >= 4 is 52.4 Å². The van der Waals surface area contributed by atoms with Gasteiger partial charge in [-0.1, -0.05) is 17.7 Å². The standard InChI is InChI=1S/C25H23ClN4O5/c1-11-16(26)8-7-15-21(11)28-24(35)25(15)20-19(17(29-25)9-10-18(27)32)22(33)30(23(20)34)14-5-3-13(4-6-14)12(2)31/h3-8,17,19-20,29H,9-10H2,1-2H3,(H2,27,32)(H,28,35)/t17-,19+,20-,25-/m0/s1. The molecular weight excluding hydrogens is 472 g/mol. The minimum atomic E-state index is -1.50. The molecule has 3 heterocycles. The van der Waals surface area contributed by atoms with Crippen LogP contribution in [0.15, 0.2) is 36.4 Å². The number of Topliss-reactive ketones (excluding diaryl/α,β-unsaturated/α-hetero) is 1. The number of nitrogens with two attached hydrogens (primary N) is 1. The number of fused-ring (bicyclic) bond motifs is 4. The normalized spacial score (nSPS) is 26.8. The molecular formula is C25H23ClN4O5. The number of primary amides is 1. The van der Waals surface area contributed by atoms with Crippen molar-refractivity contribution in [3.63, 3.8) is 0 Å². The van der Waals surface area contributed by atoms with E-state index in [0.29, 0.717) is 33.1 Å². The molecule has 1 spiro atoms. The van der Waals surface area contributed by atoms with Crippen LogP contribution in [0, 0.1) is 18.8 Å². The van der Waals surface area contributed by atoms with Gasteiger partial charge in [0.2, 0.25) is 23.6 Å². The Kier molecular flexibility index (Phi) is 5.30. The Morgan fingerprint density at radius 1 is 1.09 bits per heavy atom. The molecule has 10 heteroatoms. The van der Waals surface area contributed by atoms with E-state index < -0.39 is 47.0 Å². The van der Waals surface area contributed by atoms with Gasteiger partial charge in [-0.3, -0.25) is 29.3 Å². The van der Waals surface area contributed by atoms with Crippen molar-refractivity contribution in [3.05, 3.63) is 58.1 Å². The van der Waals surface area contributed by atoms with E-state index in [0.717, 1.165) is 4.90 Å². The molecule has 2 aromatic carbocycles. The monoisotopic (exact) mass is 494 g/mol. The van der Waals surface area contributed by atoms with Gasteiger partial charge in [-0.15, -0.1) is 0 Å². The van der Waals surface area contributed by atoms with Crippen molar-refractivity contribution in [1.82, 2.24) is 5.32 Å². The molecule has 0 saturated carbocycles. The van der Waals surface area contributed by atoms with Gasteiger partial charge in [-0.2, -0.15) is 0 Å². The number of halogens is 1. The molecule has 2 aromatic rings. The number of benzene rings is 2. The highest BCUT2D eigenvalue weighted by atomic mass is 35.5. The van der Waals surface area contributed by atoms with Crippen LogP contribution in [0.5, 0.6) is 0 Å². The number of imide groups is 1. The van der Waals surface area contributed by atoms with E-state index in [2.05, 4.69) is 10.6 Å². The third-order valence-corrected chi connectivity index (χ3v) is 7.73. The summed E-state index contributed by atoms with van der Waals surface area (Å²) in [5.74, 6) is -4.07. The summed E-state index contributed by atoms with van der Waals surface area (Å²) in [4.78, 5) is 65.4. The Balaban J connectivity index is 1.63. The summed E-state index contributed by atoms with van der Waals surface area (Å²) in [6, 6.07) is 8.88. The number of carbonyl (C=O) groups is 5. The largest absolute Gasteiger partial charge is 0.370 e. The maximum atomic E-state index is 13.9. The van der Waals surface area contributed by atoms with Crippen LogP contribution < -0.4 is 21.3 Å². The average Bonchev–Trinajstić information content (AvgIpc) is 3.40. The van der Waals surface area contributed by atoms with E-state index in [9.17, 15) is 24.0 Å². The first-order valence-electron chi connectivity index (χ1n) is 11.2. The summed E-state index contributed by atoms with van der Waals surface area (Å²) in [6.45, 7) is 3.19. The van der Waals surface area contributed by atoms with Crippen LogP contribution in [-0.4, -0.2) is 35.5 Å². The van der Waals surface area contributed by atoms with Gasteiger partial charge in [-0.25, -0.2) is 4.90 Å². The fourth-order valence-corrected chi connectivity index (χ4v) is 5.79. The molecule has 180 valence electrons. The van der Waals surface area contributed by atoms with Crippen molar-refractivity contribution in [2.45, 2.75) is 38.3 Å². The van der Waals surface area contributed by atoms with Gasteiger partial charge in [0, 0.05) is 28.6 Å². The molecule has 2 saturated heterocycles. The van der Waals surface area contributed by atoms with Crippen molar-refractivity contribution in [3.8, 4) is 0 Å². The van der Waals surface area contributed by atoms with Crippen LogP contribution in [0.2, 0.25) is 5.02 Å². The molecule has 4 atom stereocenters. The number of nitrogens with zero attached hydrogens (tertiary/aromatic N) is 1. The van der Waals surface area contributed by atoms with E-state index in [1.54, 1.807) is 43.3 Å². The quantitative estimate of drug-likeness (QED) is 0.429. The van der Waals surface area contributed by atoms with Crippen LogP contribution in [0.3, 0.4) is 0 Å². The predicted octanol–water partition coefficient (Wildman–Crippen LogP) is 2.04. The molecule has 0 unspecified atom stereocenters. The van der Waals surface area contributed by atoms with Crippen molar-refractivity contribution in [1.29, 1.82) is 0 Å². The maximum absolute atomic E-state index is 13.9. The molecule has 0 bridgehead atoms. The van der Waals surface area contributed by atoms with E-state index in [4.69, 9.17) is 17.3 Å². The van der Waals surface area contributed by atoms with Crippen molar-refractivity contribution in [2.75, 3.05) is 10.2 Å². The number of ketones is 1. The average molecular weight is 495 g/mol. The zero-order chi connectivity index (χ0) is 25.2. The molecule has 9 nitrogen and oxygen atoms in total. The molecule has 4 N–H and O–H groups in total. The number of nitrogens with one attached hydrogen (secondary N) is 2. The van der Waals surface area contributed by atoms with Crippen molar-refractivity contribution in [2.24, 2.45) is 17.6 Å². The van der Waals surface area contributed by atoms with Crippen molar-refractivity contribution < 1.29 is 24.0 Å². The Morgan fingerprint density at radius 3 is 2.40 bits per heavy atom. The molecule has 5 rings (SSSR count). The summed E-state index contributed by atoms with van der Waals surface area (Å²) in [7, 11) is 0. The fraction of sp³-hybridized carbons (Fsp3) is 0.320. The first-order chi connectivity index (χ1) is 16.6. The minimum Gasteiger partial charge on any atom is -0.370 e. The van der Waals surface area contributed by atoms with Gasteiger partial charge in [0.05, 0.1) is 23.2 Å². The molecule has 3 aliphatic rings. The van der Waals surface area contributed by atoms with Gasteiger partial charge in [0.25, 0.3) is 0 Å². The number of hydrogen-bond acceptors (Lipinski definition) is 6. The lowest BCUT2D eigenvalue weighted by Crippen LogP contribution is -2.53. The Labute approximate surface area is 206 Å². The topological polar surface area (TPSA) is 139 Å². The zero-order valence-electron chi connectivity index (χ0n) is 19.1.